The van der Waals surface area contributed by atoms with E-state index in [9.17, 15) is 4.79 Å². The molecular weight excluding hydrogens is 248 g/mol. The summed E-state index contributed by atoms with van der Waals surface area (Å²) in [6, 6.07) is 0. The molecule has 0 atom stereocenters. The zero-order chi connectivity index (χ0) is 13.0. The smallest absolute Gasteiger partial charge is 0.303 e. The van der Waals surface area contributed by atoms with Gasteiger partial charge in [0, 0.05) is 11.9 Å². The molecule has 0 spiro atoms. The van der Waals surface area contributed by atoms with Gasteiger partial charge in [0.25, 0.3) is 0 Å². The van der Waals surface area contributed by atoms with Crippen LogP contribution in [-0.2, 0) is 4.79 Å². The van der Waals surface area contributed by atoms with Gasteiger partial charge in [-0.15, -0.1) is 11.3 Å². The first-order valence-corrected chi connectivity index (χ1v) is 7.35. The summed E-state index contributed by atoms with van der Waals surface area (Å²) in [6.45, 7) is 2.70. The number of anilines is 1. The molecule has 18 heavy (non-hydrogen) atoms. The summed E-state index contributed by atoms with van der Waals surface area (Å²) >= 11 is 1.59. The third-order valence-corrected chi connectivity index (χ3v) is 4.59. The van der Waals surface area contributed by atoms with E-state index < -0.39 is 5.97 Å². The minimum Gasteiger partial charge on any atom is -0.481 e. The second-order valence-corrected chi connectivity index (χ2v) is 6.14. The van der Waals surface area contributed by atoms with E-state index in [1.165, 1.54) is 6.42 Å². The van der Waals surface area contributed by atoms with Crippen LogP contribution in [0.5, 0.6) is 0 Å². The topological polar surface area (TPSA) is 62.2 Å². The number of carboxylic acids is 1. The Morgan fingerprint density at radius 1 is 1.50 bits per heavy atom. The van der Waals surface area contributed by atoms with E-state index >= 15 is 0 Å². The van der Waals surface area contributed by atoms with Gasteiger partial charge in [-0.3, -0.25) is 4.79 Å². The fourth-order valence-corrected chi connectivity index (χ4v) is 3.42. The van der Waals surface area contributed by atoms with Gasteiger partial charge in [-0.25, -0.2) is 4.98 Å². The summed E-state index contributed by atoms with van der Waals surface area (Å²) in [5.74, 6) is -0.686. The molecule has 1 aromatic heterocycles. The van der Waals surface area contributed by atoms with Crippen molar-refractivity contribution >= 4 is 22.4 Å². The van der Waals surface area contributed by atoms with E-state index in [0.29, 0.717) is 0 Å². The van der Waals surface area contributed by atoms with Gasteiger partial charge in [-0.05, 0) is 25.2 Å². The number of thiazole rings is 1. The van der Waals surface area contributed by atoms with Crippen LogP contribution in [-0.4, -0.2) is 22.6 Å². The quantitative estimate of drug-likeness (QED) is 0.860. The Morgan fingerprint density at radius 2 is 2.22 bits per heavy atom. The number of nitrogens with zero attached hydrogens (tertiary/aromatic N) is 1. The first-order chi connectivity index (χ1) is 8.60. The lowest BCUT2D eigenvalue weighted by atomic mass is 9.72. The van der Waals surface area contributed by atoms with E-state index in [2.05, 4.69) is 10.3 Å². The van der Waals surface area contributed by atoms with Crippen molar-refractivity contribution < 1.29 is 9.90 Å². The second-order valence-electron chi connectivity index (χ2n) is 5.28. The standard InChI is InChI=1S/C13H20N2O2S/c1-10-8-18-12(15-10)14-9-13(7-11(16)17)5-3-2-4-6-13/h8H,2-7,9H2,1H3,(H,14,15)(H,16,17). The molecule has 0 aromatic carbocycles. The number of rotatable bonds is 5. The molecule has 0 aliphatic heterocycles. The predicted molar refractivity (Wildman–Crippen MR) is 73.1 cm³/mol. The zero-order valence-corrected chi connectivity index (χ0v) is 11.6. The van der Waals surface area contributed by atoms with Gasteiger partial charge in [0.05, 0.1) is 12.1 Å². The van der Waals surface area contributed by atoms with Crippen LogP contribution in [0.25, 0.3) is 0 Å². The van der Waals surface area contributed by atoms with Crippen molar-refractivity contribution in [2.24, 2.45) is 5.41 Å². The Labute approximate surface area is 111 Å². The van der Waals surface area contributed by atoms with Crippen LogP contribution in [0.4, 0.5) is 5.13 Å². The molecule has 1 aromatic rings. The van der Waals surface area contributed by atoms with Gasteiger partial charge in [-0.1, -0.05) is 19.3 Å². The molecule has 2 rings (SSSR count). The zero-order valence-electron chi connectivity index (χ0n) is 10.7. The SMILES string of the molecule is Cc1csc(NCC2(CC(=O)O)CCCCC2)n1. The third-order valence-electron chi connectivity index (χ3n) is 3.67. The molecule has 0 radical (unpaired) electrons. The average molecular weight is 268 g/mol. The maximum absolute atomic E-state index is 11.0. The molecule has 2 N–H and O–H groups in total. The Morgan fingerprint density at radius 3 is 2.78 bits per heavy atom. The van der Waals surface area contributed by atoms with Gasteiger partial charge < -0.3 is 10.4 Å². The average Bonchev–Trinajstić information content (AvgIpc) is 2.73. The Kier molecular flexibility index (Phi) is 4.22. The van der Waals surface area contributed by atoms with Crippen LogP contribution in [0.1, 0.15) is 44.2 Å². The summed E-state index contributed by atoms with van der Waals surface area (Å²) in [5.41, 5.74) is 0.933. The van der Waals surface area contributed by atoms with E-state index in [1.54, 1.807) is 11.3 Å². The molecular formula is C13H20N2O2S. The largest absolute Gasteiger partial charge is 0.481 e. The number of aryl methyl sites for hydroxylation is 1. The van der Waals surface area contributed by atoms with Crippen molar-refractivity contribution in [1.82, 2.24) is 4.98 Å². The van der Waals surface area contributed by atoms with Gasteiger partial charge in [-0.2, -0.15) is 0 Å². The van der Waals surface area contributed by atoms with E-state index in [-0.39, 0.29) is 11.8 Å². The van der Waals surface area contributed by atoms with E-state index in [4.69, 9.17) is 5.11 Å². The van der Waals surface area contributed by atoms with E-state index in [1.807, 2.05) is 12.3 Å². The minimum absolute atomic E-state index is 0.0797. The summed E-state index contributed by atoms with van der Waals surface area (Å²) < 4.78 is 0. The molecule has 0 saturated heterocycles. The number of aromatic nitrogens is 1. The van der Waals surface area contributed by atoms with E-state index in [0.717, 1.165) is 43.1 Å². The lowest BCUT2D eigenvalue weighted by Gasteiger charge is -2.36. The van der Waals surface area contributed by atoms with Crippen LogP contribution in [0.3, 0.4) is 0 Å². The van der Waals surface area contributed by atoms with Crippen molar-refractivity contribution in [3.63, 3.8) is 0 Å². The highest BCUT2D eigenvalue weighted by atomic mass is 32.1. The fraction of sp³-hybridized carbons (Fsp3) is 0.692. The summed E-state index contributed by atoms with van der Waals surface area (Å²) in [7, 11) is 0. The molecule has 0 amide bonds. The van der Waals surface area contributed by atoms with Gasteiger partial charge in [0.1, 0.15) is 0 Å². The van der Waals surface area contributed by atoms with Crippen LogP contribution in [0.15, 0.2) is 5.38 Å². The molecule has 1 aliphatic rings. The minimum atomic E-state index is -0.686. The molecule has 5 heteroatoms. The predicted octanol–water partition coefficient (Wildman–Crippen LogP) is 3.29. The third kappa shape index (κ3) is 3.45. The van der Waals surface area contributed by atoms with Gasteiger partial charge in [0.15, 0.2) is 5.13 Å². The summed E-state index contributed by atoms with van der Waals surface area (Å²) in [6.07, 6.45) is 5.81. The molecule has 100 valence electrons. The maximum atomic E-state index is 11.0. The van der Waals surface area contributed by atoms with Gasteiger partial charge >= 0.3 is 5.97 Å². The molecule has 1 aliphatic carbocycles. The normalized spacial score (nSPS) is 18.5. The molecule has 1 fully saturated rings. The highest BCUT2D eigenvalue weighted by molar-refractivity contribution is 7.13. The van der Waals surface area contributed by atoms with Gasteiger partial charge in [0.2, 0.25) is 0 Å². The van der Waals surface area contributed by atoms with Crippen molar-refractivity contribution in [2.75, 3.05) is 11.9 Å². The highest BCUT2D eigenvalue weighted by Gasteiger charge is 2.34. The number of carboxylic acid groups (broad SMARTS) is 1. The molecule has 0 bridgehead atoms. The number of aliphatic carboxylic acids is 1. The van der Waals surface area contributed by atoms with Crippen LogP contribution in [0.2, 0.25) is 0 Å². The number of nitrogens with one attached hydrogen (secondary N) is 1. The molecule has 1 heterocycles. The Hall–Kier alpha value is -1.10. The van der Waals surface area contributed by atoms with Crippen LogP contribution < -0.4 is 5.32 Å². The summed E-state index contributed by atoms with van der Waals surface area (Å²) in [4.78, 5) is 15.4. The fourth-order valence-electron chi connectivity index (χ4n) is 2.74. The first kappa shape index (κ1) is 13.3. The number of hydrogen-bond acceptors (Lipinski definition) is 4. The second kappa shape index (κ2) is 5.69. The maximum Gasteiger partial charge on any atom is 0.303 e. The lowest BCUT2D eigenvalue weighted by molar-refractivity contribution is -0.140. The van der Waals surface area contributed by atoms with Crippen molar-refractivity contribution in [3.05, 3.63) is 11.1 Å². The van der Waals surface area contributed by atoms with Crippen molar-refractivity contribution in [3.8, 4) is 0 Å². The monoisotopic (exact) mass is 268 g/mol. The molecule has 0 unspecified atom stereocenters. The van der Waals surface area contributed by atoms with Crippen LogP contribution in [0, 0.1) is 12.3 Å². The number of carbonyl (C=O) groups is 1. The van der Waals surface area contributed by atoms with Crippen LogP contribution >= 0.6 is 11.3 Å². The first-order valence-electron chi connectivity index (χ1n) is 6.47. The number of hydrogen-bond donors (Lipinski definition) is 2. The van der Waals surface area contributed by atoms with Crippen molar-refractivity contribution in [1.29, 1.82) is 0 Å². The molecule has 1 saturated carbocycles. The Balaban J connectivity index is 1.98. The molecule has 4 nitrogen and oxygen atoms in total. The summed E-state index contributed by atoms with van der Waals surface area (Å²) in [5, 5.41) is 15.3. The lowest BCUT2D eigenvalue weighted by Crippen LogP contribution is -2.34. The van der Waals surface area contributed by atoms with Crippen molar-refractivity contribution in [2.45, 2.75) is 45.4 Å². The Bertz CT molecular complexity index is 411. The highest BCUT2D eigenvalue weighted by Crippen LogP contribution is 2.39.